The van der Waals surface area contributed by atoms with Gasteiger partial charge in [-0.1, -0.05) is 5.92 Å². The third-order valence-corrected chi connectivity index (χ3v) is 6.14. The lowest BCUT2D eigenvalue weighted by atomic mass is 10.1. The fourth-order valence-corrected chi connectivity index (χ4v) is 5.85. The van der Waals surface area contributed by atoms with Crippen LogP contribution in [0, 0.1) is 30.6 Å². The standard InChI is InChI=1S/C7H6OS3/c1-3-6-5-11(8,9)10-7(6)4-2/h1-2,6-7H,5H2. The zero-order valence-electron chi connectivity index (χ0n) is 5.65. The molecule has 1 fully saturated rings. The molecular formula is C7H6OS3. The van der Waals surface area contributed by atoms with Crippen molar-refractivity contribution in [1.29, 1.82) is 0 Å². The molecule has 0 saturated carbocycles. The van der Waals surface area contributed by atoms with Gasteiger partial charge < -0.3 is 0 Å². The van der Waals surface area contributed by atoms with Crippen molar-refractivity contribution in [3.8, 4) is 24.7 Å². The number of rotatable bonds is 0. The summed E-state index contributed by atoms with van der Waals surface area (Å²) < 4.78 is 11.3. The van der Waals surface area contributed by atoms with E-state index in [2.05, 4.69) is 11.8 Å². The van der Waals surface area contributed by atoms with E-state index in [0.717, 1.165) is 10.8 Å². The second-order valence-corrected chi connectivity index (χ2v) is 8.77. The van der Waals surface area contributed by atoms with Crippen molar-refractivity contribution in [2.75, 3.05) is 5.75 Å². The summed E-state index contributed by atoms with van der Waals surface area (Å²) in [5.74, 6) is 5.29. The Morgan fingerprint density at radius 2 is 2.18 bits per heavy atom. The van der Waals surface area contributed by atoms with E-state index in [1.165, 1.54) is 0 Å². The van der Waals surface area contributed by atoms with Crippen LogP contribution in [0.1, 0.15) is 0 Å². The molecule has 0 bridgehead atoms. The van der Waals surface area contributed by atoms with E-state index in [9.17, 15) is 4.21 Å². The zero-order chi connectivity index (χ0) is 8.48. The number of hydrogen-bond donors (Lipinski definition) is 0. The summed E-state index contributed by atoms with van der Waals surface area (Å²) in [5, 5.41) is -0.148. The van der Waals surface area contributed by atoms with Gasteiger partial charge in [-0.25, -0.2) is 4.21 Å². The van der Waals surface area contributed by atoms with E-state index in [-0.39, 0.29) is 11.2 Å². The molecule has 1 rings (SSSR count). The summed E-state index contributed by atoms with van der Waals surface area (Å²) in [4.78, 5) is 0. The summed E-state index contributed by atoms with van der Waals surface area (Å²) in [5.41, 5.74) is 0. The smallest absolute Gasteiger partial charge is 0.0930 e. The molecule has 3 unspecified atom stereocenters. The fourth-order valence-electron chi connectivity index (χ4n) is 0.851. The summed E-state index contributed by atoms with van der Waals surface area (Å²) in [7, 11) is -1.04. The highest BCUT2D eigenvalue weighted by molar-refractivity contribution is 8.86. The van der Waals surface area contributed by atoms with Crippen LogP contribution >= 0.6 is 10.8 Å². The van der Waals surface area contributed by atoms with Crippen molar-refractivity contribution in [3.63, 3.8) is 0 Å². The first-order valence-corrected chi connectivity index (χ1v) is 6.97. The van der Waals surface area contributed by atoms with Crippen LogP contribution in [0.2, 0.25) is 0 Å². The van der Waals surface area contributed by atoms with Crippen LogP contribution in [-0.2, 0) is 18.7 Å². The highest BCUT2D eigenvalue weighted by Gasteiger charge is 2.33. The van der Waals surface area contributed by atoms with Crippen LogP contribution in [0.3, 0.4) is 0 Å². The van der Waals surface area contributed by atoms with E-state index in [1.54, 1.807) is 0 Å². The van der Waals surface area contributed by atoms with Crippen molar-refractivity contribution in [2.24, 2.45) is 5.92 Å². The van der Waals surface area contributed by atoms with Gasteiger partial charge in [0, 0.05) is 0 Å². The average molecular weight is 202 g/mol. The first-order valence-electron chi connectivity index (χ1n) is 2.92. The van der Waals surface area contributed by atoms with E-state index in [0.29, 0.717) is 5.75 Å². The zero-order valence-corrected chi connectivity index (χ0v) is 8.10. The maximum absolute atomic E-state index is 11.3. The third-order valence-electron chi connectivity index (χ3n) is 1.38. The van der Waals surface area contributed by atoms with E-state index in [4.69, 9.17) is 24.0 Å². The molecular weight excluding hydrogens is 196 g/mol. The van der Waals surface area contributed by atoms with Crippen molar-refractivity contribution in [2.45, 2.75) is 5.25 Å². The Balaban J connectivity index is 2.91. The molecule has 1 saturated heterocycles. The minimum absolute atomic E-state index is 0.102. The molecule has 1 heterocycles. The Hall–Kier alpha value is -0.160. The largest absolute Gasteiger partial charge is 0.246 e. The molecule has 0 aromatic heterocycles. The van der Waals surface area contributed by atoms with Crippen molar-refractivity contribution in [3.05, 3.63) is 0 Å². The Bertz CT molecular complexity index is 300. The van der Waals surface area contributed by atoms with Crippen molar-refractivity contribution < 1.29 is 4.21 Å². The second-order valence-electron chi connectivity index (χ2n) is 2.18. The molecule has 0 aromatic rings. The summed E-state index contributed by atoms with van der Waals surface area (Å²) in [6.07, 6.45) is 10.4. The first-order chi connectivity index (χ1) is 5.09. The molecule has 1 nitrogen and oxygen atoms in total. The van der Waals surface area contributed by atoms with Crippen LogP contribution in [0.4, 0.5) is 0 Å². The quantitative estimate of drug-likeness (QED) is 0.424. The second kappa shape index (κ2) is 3.06. The van der Waals surface area contributed by atoms with E-state index < -0.39 is 7.52 Å². The Morgan fingerprint density at radius 1 is 1.55 bits per heavy atom. The molecule has 0 amide bonds. The molecule has 11 heavy (non-hydrogen) atoms. The number of hydrogen-bond acceptors (Lipinski definition) is 3. The van der Waals surface area contributed by atoms with Crippen molar-refractivity contribution in [1.82, 2.24) is 0 Å². The molecule has 0 aromatic carbocycles. The SMILES string of the molecule is C#CC1CS(=O)(=S)SC1C#C. The minimum atomic E-state index is -2.20. The lowest BCUT2D eigenvalue weighted by Gasteiger charge is -2.00. The molecule has 3 atom stereocenters. The van der Waals surface area contributed by atoms with E-state index >= 15 is 0 Å². The summed E-state index contributed by atoms with van der Waals surface area (Å²) >= 11 is 4.79. The van der Waals surface area contributed by atoms with Crippen LogP contribution < -0.4 is 0 Å². The summed E-state index contributed by atoms with van der Waals surface area (Å²) in [6.45, 7) is 0. The number of terminal acetylenes is 2. The first kappa shape index (κ1) is 8.93. The molecule has 58 valence electrons. The van der Waals surface area contributed by atoms with Gasteiger partial charge in [0.05, 0.1) is 24.4 Å². The maximum Gasteiger partial charge on any atom is 0.0930 e. The van der Waals surface area contributed by atoms with Crippen LogP contribution in [-0.4, -0.2) is 15.2 Å². The van der Waals surface area contributed by atoms with Gasteiger partial charge in [-0.2, -0.15) is 0 Å². The van der Waals surface area contributed by atoms with Gasteiger partial charge >= 0.3 is 0 Å². The van der Waals surface area contributed by atoms with Gasteiger partial charge in [-0.05, 0) is 22.0 Å². The minimum Gasteiger partial charge on any atom is -0.246 e. The highest BCUT2D eigenvalue weighted by atomic mass is 33.3. The topological polar surface area (TPSA) is 17.1 Å². The van der Waals surface area contributed by atoms with Crippen LogP contribution in [0.5, 0.6) is 0 Å². The normalized spacial score (nSPS) is 42.7. The molecule has 0 spiro atoms. The molecule has 0 radical (unpaired) electrons. The van der Waals surface area contributed by atoms with E-state index in [1.807, 2.05) is 0 Å². The third kappa shape index (κ3) is 1.90. The van der Waals surface area contributed by atoms with Crippen molar-refractivity contribution >= 4 is 29.5 Å². The highest BCUT2D eigenvalue weighted by Crippen LogP contribution is 2.35. The van der Waals surface area contributed by atoms with Gasteiger partial charge in [0.25, 0.3) is 0 Å². The average Bonchev–Trinajstić information content (AvgIpc) is 2.25. The lowest BCUT2D eigenvalue weighted by Crippen LogP contribution is -2.09. The monoisotopic (exact) mass is 202 g/mol. The predicted octanol–water partition coefficient (Wildman–Crippen LogP) is 0.646. The maximum atomic E-state index is 11.3. The Morgan fingerprint density at radius 3 is 2.55 bits per heavy atom. The van der Waals surface area contributed by atoms with Gasteiger partial charge in [-0.15, -0.1) is 18.8 Å². The van der Waals surface area contributed by atoms with Crippen LogP contribution in [0.25, 0.3) is 0 Å². The van der Waals surface area contributed by atoms with Gasteiger partial charge in [-0.3, -0.25) is 0 Å². The Kier molecular flexibility index (Phi) is 2.49. The molecule has 4 heteroatoms. The molecule has 0 N–H and O–H groups in total. The van der Waals surface area contributed by atoms with Gasteiger partial charge in [0.15, 0.2) is 0 Å². The van der Waals surface area contributed by atoms with Crippen LogP contribution in [0.15, 0.2) is 0 Å². The van der Waals surface area contributed by atoms with Gasteiger partial charge in [0.2, 0.25) is 0 Å². The molecule has 1 aliphatic rings. The fraction of sp³-hybridized carbons (Fsp3) is 0.429. The summed E-state index contributed by atoms with van der Waals surface area (Å²) in [6, 6.07) is 0. The van der Waals surface area contributed by atoms with Gasteiger partial charge in [0.1, 0.15) is 0 Å². The Labute approximate surface area is 75.4 Å². The molecule has 1 aliphatic heterocycles. The predicted molar refractivity (Wildman–Crippen MR) is 52.9 cm³/mol. The lowest BCUT2D eigenvalue weighted by molar-refractivity contribution is 0.686. The molecule has 0 aliphatic carbocycles.